The van der Waals surface area contributed by atoms with E-state index in [0.717, 1.165) is 5.57 Å². The number of rotatable bonds is 6. The molecule has 6 heteroatoms. The number of pyridine rings is 1. The summed E-state index contributed by atoms with van der Waals surface area (Å²) in [5.41, 5.74) is 1.52. The minimum absolute atomic E-state index is 0.0424. The molecule has 0 bridgehead atoms. The van der Waals surface area contributed by atoms with Crippen molar-refractivity contribution in [3.8, 4) is 0 Å². The van der Waals surface area contributed by atoms with Crippen LogP contribution in [0, 0.1) is 11.7 Å². The van der Waals surface area contributed by atoms with Crippen LogP contribution in [0.3, 0.4) is 0 Å². The maximum Gasteiger partial charge on any atom is 0.251 e. The minimum atomic E-state index is -2.65. The Balaban J connectivity index is 2.12. The number of allylic oxidation sites excluding steroid dienone is 2. The molecule has 1 aromatic heterocycles. The van der Waals surface area contributed by atoms with Crippen LogP contribution in [0.25, 0.3) is 5.57 Å². The summed E-state index contributed by atoms with van der Waals surface area (Å²) in [7, 11) is 0. The third-order valence-corrected chi connectivity index (χ3v) is 4.19. The SMILES string of the molecule is CC(C)C(CO)NCc1nc(C2=CCC(F)(F)CC2)ccc1F. The highest BCUT2D eigenvalue weighted by Gasteiger charge is 2.31. The number of hydrogen-bond acceptors (Lipinski definition) is 3. The minimum Gasteiger partial charge on any atom is -0.395 e. The standard InChI is InChI=1S/C17H23F3N2O/c1-11(2)16(10-23)21-9-15-13(18)3-4-14(22-15)12-5-7-17(19,20)8-6-12/h3-5,11,16,21,23H,6-10H2,1-2H3. The van der Waals surface area contributed by atoms with Gasteiger partial charge in [-0.05, 0) is 30.0 Å². The third kappa shape index (κ3) is 4.78. The monoisotopic (exact) mass is 328 g/mol. The summed E-state index contributed by atoms with van der Waals surface area (Å²) in [6.45, 7) is 4.06. The summed E-state index contributed by atoms with van der Waals surface area (Å²) in [6, 6.07) is 2.70. The Labute approximate surface area is 134 Å². The molecule has 1 aliphatic rings. The van der Waals surface area contributed by atoms with Crippen molar-refractivity contribution in [1.29, 1.82) is 0 Å². The molecule has 0 radical (unpaired) electrons. The van der Waals surface area contributed by atoms with E-state index in [1.54, 1.807) is 0 Å². The van der Waals surface area contributed by atoms with Crippen LogP contribution in [0.15, 0.2) is 18.2 Å². The number of halogens is 3. The fraction of sp³-hybridized carbons (Fsp3) is 0.588. The summed E-state index contributed by atoms with van der Waals surface area (Å²) >= 11 is 0. The van der Waals surface area contributed by atoms with Crippen molar-refractivity contribution in [3.05, 3.63) is 35.4 Å². The van der Waals surface area contributed by atoms with Crippen LogP contribution >= 0.6 is 0 Å². The Kier molecular flexibility index (Phi) is 5.81. The molecular formula is C17H23F3N2O. The fourth-order valence-electron chi connectivity index (χ4n) is 2.55. The lowest BCUT2D eigenvalue weighted by Gasteiger charge is -2.22. The molecule has 128 valence electrons. The van der Waals surface area contributed by atoms with E-state index in [-0.39, 0.29) is 50.1 Å². The van der Waals surface area contributed by atoms with Gasteiger partial charge < -0.3 is 10.4 Å². The highest BCUT2D eigenvalue weighted by molar-refractivity contribution is 5.63. The maximum atomic E-state index is 13.9. The summed E-state index contributed by atoms with van der Waals surface area (Å²) in [4.78, 5) is 4.28. The molecule has 0 saturated heterocycles. The highest BCUT2D eigenvalue weighted by Crippen LogP contribution is 2.35. The number of aliphatic hydroxyl groups excluding tert-OH is 1. The van der Waals surface area contributed by atoms with E-state index < -0.39 is 11.7 Å². The topological polar surface area (TPSA) is 45.1 Å². The van der Waals surface area contributed by atoms with Gasteiger partial charge in [-0.25, -0.2) is 18.2 Å². The largest absolute Gasteiger partial charge is 0.395 e. The predicted molar refractivity (Wildman–Crippen MR) is 83.5 cm³/mol. The summed E-state index contributed by atoms with van der Waals surface area (Å²) < 4.78 is 40.3. The van der Waals surface area contributed by atoms with Gasteiger partial charge in [-0.15, -0.1) is 0 Å². The second kappa shape index (κ2) is 7.45. The van der Waals surface area contributed by atoms with Gasteiger partial charge in [-0.2, -0.15) is 0 Å². The van der Waals surface area contributed by atoms with E-state index >= 15 is 0 Å². The average molecular weight is 328 g/mol. The second-order valence-corrected chi connectivity index (χ2v) is 6.33. The Morgan fingerprint density at radius 2 is 2.09 bits per heavy atom. The van der Waals surface area contributed by atoms with Gasteiger partial charge in [0.2, 0.25) is 0 Å². The molecule has 0 saturated carbocycles. The van der Waals surface area contributed by atoms with E-state index in [0.29, 0.717) is 5.69 Å². The molecule has 0 aromatic carbocycles. The molecule has 1 atom stereocenters. The summed E-state index contributed by atoms with van der Waals surface area (Å²) in [5.74, 6) is -2.89. The van der Waals surface area contributed by atoms with E-state index in [1.165, 1.54) is 18.2 Å². The third-order valence-electron chi connectivity index (χ3n) is 4.19. The van der Waals surface area contributed by atoms with Crippen molar-refractivity contribution in [3.63, 3.8) is 0 Å². The normalized spacial score (nSPS) is 18.8. The number of alkyl halides is 2. The lowest BCUT2D eigenvalue weighted by atomic mass is 9.94. The van der Waals surface area contributed by atoms with Crippen LogP contribution in [-0.4, -0.2) is 28.7 Å². The molecule has 2 N–H and O–H groups in total. The van der Waals surface area contributed by atoms with Gasteiger partial charge in [0.1, 0.15) is 5.82 Å². The van der Waals surface area contributed by atoms with E-state index in [2.05, 4.69) is 10.3 Å². The first kappa shape index (κ1) is 17.9. The van der Waals surface area contributed by atoms with Crippen molar-refractivity contribution >= 4 is 5.57 Å². The molecule has 1 aliphatic carbocycles. The van der Waals surface area contributed by atoms with Crippen LogP contribution in [0.4, 0.5) is 13.2 Å². The number of nitrogens with one attached hydrogen (secondary N) is 1. The zero-order valence-corrected chi connectivity index (χ0v) is 13.5. The molecule has 3 nitrogen and oxygen atoms in total. The molecule has 0 amide bonds. The van der Waals surface area contributed by atoms with Crippen LogP contribution in [0.1, 0.15) is 44.5 Å². The van der Waals surface area contributed by atoms with Gasteiger partial charge in [0.05, 0.1) is 18.0 Å². The number of nitrogens with zero attached hydrogens (tertiary/aromatic N) is 1. The molecule has 0 fully saturated rings. The van der Waals surface area contributed by atoms with Crippen LogP contribution in [0.5, 0.6) is 0 Å². The Bertz CT molecular complexity index is 573. The maximum absolute atomic E-state index is 13.9. The molecule has 23 heavy (non-hydrogen) atoms. The van der Waals surface area contributed by atoms with Crippen molar-refractivity contribution in [2.75, 3.05) is 6.61 Å². The first-order valence-corrected chi connectivity index (χ1v) is 7.89. The van der Waals surface area contributed by atoms with Gasteiger partial charge in [0, 0.05) is 25.4 Å². The molecule has 1 heterocycles. The zero-order valence-electron chi connectivity index (χ0n) is 13.5. The van der Waals surface area contributed by atoms with Gasteiger partial charge in [-0.3, -0.25) is 0 Å². The smallest absolute Gasteiger partial charge is 0.251 e. The molecule has 1 aromatic rings. The molecule has 2 rings (SSSR count). The molecule has 0 spiro atoms. The fourth-order valence-corrected chi connectivity index (χ4v) is 2.55. The predicted octanol–water partition coefficient (Wildman–Crippen LogP) is 3.53. The van der Waals surface area contributed by atoms with Crippen molar-refractivity contribution < 1.29 is 18.3 Å². The van der Waals surface area contributed by atoms with Crippen molar-refractivity contribution in [2.24, 2.45) is 5.92 Å². The van der Waals surface area contributed by atoms with E-state index in [9.17, 15) is 18.3 Å². The highest BCUT2D eigenvalue weighted by atomic mass is 19.3. The molecule has 1 unspecified atom stereocenters. The summed E-state index contributed by atoms with van der Waals surface area (Å²) in [5, 5.41) is 12.4. The number of aliphatic hydroxyl groups is 1. The Hall–Kier alpha value is -1.40. The second-order valence-electron chi connectivity index (χ2n) is 6.33. The molecular weight excluding hydrogens is 305 g/mol. The van der Waals surface area contributed by atoms with Gasteiger partial charge >= 0.3 is 0 Å². The average Bonchev–Trinajstić information content (AvgIpc) is 2.49. The summed E-state index contributed by atoms with van der Waals surface area (Å²) in [6.07, 6.45) is 1.23. The van der Waals surface area contributed by atoms with Gasteiger partial charge in [0.15, 0.2) is 0 Å². The number of hydrogen-bond donors (Lipinski definition) is 2. The lowest BCUT2D eigenvalue weighted by Crippen LogP contribution is -2.37. The zero-order chi connectivity index (χ0) is 17.0. The van der Waals surface area contributed by atoms with E-state index in [1.807, 2.05) is 13.8 Å². The Morgan fingerprint density at radius 1 is 1.35 bits per heavy atom. The first-order chi connectivity index (χ1) is 10.8. The van der Waals surface area contributed by atoms with Gasteiger partial charge in [-0.1, -0.05) is 19.9 Å². The number of aromatic nitrogens is 1. The quantitative estimate of drug-likeness (QED) is 0.840. The van der Waals surface area contributed by atoms with Crippen LogP contribution in [0.2, 0.25) is 0 Å². The first-order valence-electron chi connectivity index (χ1n) is 7.89. The van der Waals surface area contributed by atoms with Crippen LogP contribution < -0.4 is 5.32 Å². The van der Waals surface area contributed by atoms with Crippen molar-refractivity contribution in [1.82, 2.24) is 10.3 Å². The van der Waals surface area contributed by atoms with Crippen LogP contribution in [-0.2, 0) is 6.54 Å². The Morgan fingerprint density at radius 3 is 2.65 bits per heavy atom. The van der Waals surface area contributed by atoms with E-state index in [4.69, 9.17) is 0 Å². The lowest BCUT2D eigenvalue weighted by molar-refractivity contribution is -0.00605. The van der Waals surface area contributed by atoms with Gasteiger partial charge in [0.25, 0.3) is 5.92 Å². The van der Waals surface area contributed by atoms with Crippen molar-refractivity contribution in [2.45, 2.75) is 51.6 Å². The molecule has 0 aliphatic heterocycles.